The van der Waals surface area contributed by atoms with E-state index in [2.05, 4.69) is 18.9 Å². The van der Waals surface area contributed by atoms with Crippen molar-refractivity contribution in [2.45, 2.75) is 0 Å². The van der Waals surface area contributed by atoms with Crippen LogP contribution in [0.5, 0.6) is 11.5 Å². The summed E-state index contributed by atoms with van der Waals surface area (Å²) >= 11 is 0. The Kier molecular flexibility index (Phi) is 5.29. The standard InChI is InChI=1S/C19H14O4/c1-3-5-19(21)23-17-12-8-15(9-13-17)14-6-10-16(11-7-14)22-18(20)4-2/h4-13H,1-2H2. The summed E-state index contributed by atoms with van der Waals surface area (Å²) in [7, 11) is 0. The largest absolute Gasteiger partial charge is 0.423 e. The van der Waals surface area contributed by atoms with E-state index in [0.29, 0.717) is 11.5 Å². The Morgan fingerprint density at radius 1 is 0.826 bits per heavy atom. The summed E-state index contributed by atoms with van der Waals surface area (Å²) in [4.78, 5) is 22.4. The van der Waals surface area contributed by atoms with Gasteiger partial charge in [-0.05, 0) is 35.4 Å². The summed E-state index contributed by atoms with van der Waals surface area (Å²) in [5.74, 6) is -0.152. The molecule has 0 bridgehead atoms. The van der Waals surface area contributed by atoms with Crippen molar-refractivity contribution in [1.82, 2.24) is 0 Å². The van der Waals surface area contributed by atoms with Gasteiger partial charge in [-0.1, -0.05) is 37.4 Å². The third kappa shape index (κ3) is 4.56. The molecule has 0 fully saturated rings. The smallest absolute Gasteiger partial charge is 0.343 e. The van der Waals surface area contributed by atoms with E-state index >= 15 is 0 Å². The normalized spacial score (nSPS) is 9.39. The first-order valence-electron chi connectivity index (χ1n) is 6.75. The van der Waals surface area contributed by atoms with Gasteiger partial charge in [-0.3, -0.25) is 0 Å². The Bertz CT molecular complexity index is 764. The third-order valence-electron chi connectivity index (χ3n) is 2.87. The van der Waals surface area contributed by atoms with Crippen LogP contribution in [0.2, 0.25) is 0 Å². The van der Waals surface area contributed by atoms with E-state index in [1.54, 1.807) is 24.3 Å². The second-order valence-corrected chi connectivity index (χ2v) is 4.44. The highest BCUT2D eigenvalue weighted by Gasteiger charge is 2.04. The zero-order valence-electron chi connectivity index (χ0n) is 12.3. The molecular formula is C19H14O4. The van der Waals surface area contributed by atoms with Gasteiger partial charge < -0.3 is 9.47 Å². The van der Waals surface area contributed by atoms with Crippen LogP contribution >= 0.6 is 0 Å². The SMILES string of the molecule is C=C=CC(=O)Oc1ccc(-c2ccc(OC(=O)C=C)cc2)cc1. The Balaban J connectivity index is 2.10. The first kappa shape index (κ1) is 16.0. The van der Waals surface area contributed by atoms with E-state index in [1.807, 2.05) is 24.3 Å². The maximum Gasteiger partial charge on any atom is 0.343 e. The third-order valence-corrected chi connectivity index (χ3v) is 2.87. The van der Waals surface area contributed by atoms with E-state index in [4.69, 9.17) is 9.47 Å². The van der Waals surface area contributed by atoms with Gasteiger partial charge in [0.05, 0.1) is 6.08 Å². The molecule has 2 aromatic carbocycles. The molecule has 23 heavy (non-hydrogen) atoms. The molecule has 4 heteroatoms. The van der Waals surface area contributed by atoms with Crippen molar-refractivity contribution in [1.29, 1.82) is 0 Å². The lowest BCUT2D eigenvalue weighted by Crippen LogP contribution is -2.03. The monoisotopic (exact) mass is 306 g/mol. The summed E-state index contributed by atoms with van der Waals surface area (Å²) in [5.41, 5.74) is 4.23. The maximum atomic E-state index is 11.3. The molecule has 0 aliphatic heterocycles. The molecule has 0 saturated heterocycles. The summed E-state index contributed by atoms with van der Waals surface area (Å²) in [6, 6.07) is 14.1. The summed E-state index contributed by atoms with van der Waals surface area (Å²) < 4.78 is 10.1. The highest BCUT2D eigenvalue weighted by molar-refractivity contribution is 5.84. The minimum absolute atomic E-state index is 0.432. The van der Waals surface area contributed by atoms with Crippen LogP contribution in [0.3, 0.4) is 0 Å². The predicted octanol–water partition coefficient (Wildman–Crippen LogP) is 3.69. The molecule has 0 atom stereocenters. The lowest BCUT2D eigenvalue weighted by Gasteiger charge is -2.06. The molecular weight excluding hydrogens is 292 g/mol. The number of esters is 2. The van der Waals surface area contributed by atoms with Crippen LogP contribution in [0.15, 0.2) is 79.6 Å². The van der Waals surface area contributed by atoms with E-state index in [1.165, 1.54) is 0 Å². The zero-order valence-corrected chi connectivity index (χ0v) is 12.3. The van der Waals surface area contributed by atoms with Gasteiger partial charge >= 0.3 is 11.9 Å². The lowest BCUT2D eigenvalue weighted by molar-refractivity contribution is -0.129. The van der Waals surface area contributed by atoms with E-state index in [0.717, 1.165) is 23.3 Å². The number of benzene rings is 2. The molecule has 4 nitrogen and oxygen atoms in total. The topological polar surface area (TPSA) is 52.6 Å². The maximum absolute atomic E-state index is 11.3. The van der Waals surface area contributed by atoms with Crippen molar-refractivity contribution >= 4 is 11.9 Å². The van der Waals surface area contributed by atoms with E-state index < -0.39 is 11.9 Å². The average molecular weight is 306 g/mol. The zero-order chi connectivity index (χ0) is 16.7. The van der Waals surface area contributed by atoms with Crippen LogP contribution in [0.1, 0.15) is 0 Å². The van der Waals surface area contributed by atoms with Crippen LogP contribution in [-0.2, 0) is 9.59 Å². The number of carbonyl (C=O) groups is 2. The number of hydrogen-bond acceptors (Lipinski definition) is 4. The second kappa shape index (κ2) is 7.59. The van der Waals surface area contributed by atoms with Crippen molar-refractivity contribution in [2.24, 2.45) is 0 Å². The molecule has 0 heterocycles. The fourth-order valence-corrected chi connectivity index (χ4v) is 1.82. The predicted molar refractivity (Wildman–Crippen MR) is 87.1 cm³/mol. The van der Waals surface area contributed by atoms with Crippen LogP contribution in [0.4, 0.5) is 0 Å². The second-order valence-electron chi connectivity index (χ2n) is 4.44. The van der Waals surface area contributed by atoms with Gasteiger partial charge in [0.15, 0.2) is 0 Å². The number of carbonyl (C=O) groups excluding carboxylic acids is 2. The quantitative estimate of drug-likeness (QED) is 0.366. The molecule has 2 aromatic rings. The number of ether oxygens (including phenoxy) is 2. The fraction of sp³-hybridized carbons (Fsp3) is 0. The first-order valence-corrected chi connectivity index (χ1v) is 6.75. The van der Waals surface area contributed by atoms with Crippen LogP contribution < -0.4 is 9.47 Å². The van der Waals surface area contributed by atoms with Crippen molar-refractivity contribution in [3.63, 3.8) is 0 Å². The molecule has 0 saturated carbocycles. The lowest BCUT2D eigenvalue weighted by atomic mass is 10.1. The Labute approximate surface area is 134 Å². The molecule has 114 valence electrons. The van der Waals surface area contributed by atoms with Gasteiger partial charge in [-0.25, -0.2) is 9.59 Å². The van der Waals surface area contributed by atoms with Crippen LogP contribution in [0.25, 0.3) is 11.1 Å². The van der Waals surface area contributed by atoms with Crippen molar-refractivity contribution in [3.05, 3.63) is 79.6 Å². The first-order chi connectivity index (χ1) is 11.1. The highest BCUT2D eigenvalue weighted by atomic mass is 16.5. The van der Waals surface area contributed by atoms with Crippen molar-refractivity contribution in [2.75, 3.05) is 0 Å². The summed E-state index contributed by atoms with van der Waals surface area (Å²) in [5, 5.41) is 0. The minimum Gasteiger partial charge on any atom is -0.423 e. The van der Waals surface area contributed by atoms with Gasteiger partial charge in [0.1, 0.15) is 11.5 Å². The van der Waals surface area contributed by atoms with Gasteiger partial charge in [-0.15, -0.1) is 5.73 Å². The van der Waals surface area contributed by atoms with Gasteiger partial charge in [0.2, 0.25) is 0 Å². The molecule has 0 aromatic heterocycles. The van der Waals surface area contributed by atoms with Crippen molar-refractivity contribution in [3.8, 4) is 22.6 Å². The van der Waals surface area contributed by atoms with Gasteiger partial charge in [0.25, 0.3) is 0 Å². The average Bonchev–Trinajstić information content (AvgIpc) is 2.56. The van der Waals surface area contributed by atoms with Crippen molar-refractivity contribution < 1.29 is 19.1 Å². The molecule has 0 radical (unpaired) electrons. The van der Waals surface area contributed by atoms with Gasteiger partial charge in [-0.2, -0.15) is 0 Å². The number of rotatable bonds is 5. The molecule has 0 spiro atoms. The minimum atomic E-state index is -0.527. The molecule has 0 N–H and O–H groups in total. The molecule has 0 unspecified atom stereocenters. The molecule has 0 aliphatic rings. The Hall–Kier alpha value is -3.36. The Morgan fingerprint density at radius 3 is 1.65 bits per heavy atom. The van der Waals surface area contributed by atoms with Crippen LogP contribution in [-0.4, -0.2) is 11.9 Å². The van der Waals surface area contributed by atoms with E-state index in [9.17, 15) is 9.59 Å². The molecule has 0 aliphatic carbocycles. The number of hydrogen-bond donors (Lipinski definition) is 0. The molecule has 0 amide bonds. The Morgan fingerprint density at radius 2 is 1.26 bits per heavy atom. The molecule has 2 rings (SSSR count). The van der Waals surface area contributed by atoms with Gasteiger partial charge in [0, 0.05) is 6.08 Å². The summed E-state index contributed by atoms with van der Waals surface area (Å²) in [6.45, 7) is 6.65. The van der Waals surface area contributed by atoms with Crippen LogP contribution in [0, 0.1) is 0 Å². The highest BCUT2D eigenvalue weighted by Crippen LogP contribution is 2.24. The summed E-state index contributed by atoms with van der Waals surface area (Å²) in [6.07, 6.45) is 2.23. The fourth-order valence-electron chi connectivity index (χ4n) is 1.82. The van der Waals surface area contributed by atoms with E-state index in [-0.39, 0.29) is 0 Å².